The largest absolute Gasteiger partial charge is 0.496 e. The SMILES string of the molecule is COc1ccc(C(C)(C)C)cc1C(=O)Cc1ccc(C)c(Nc2ncnc3cnc(N(C)CCN(C)C)nc23)c1. The maximum Gasteiger partial charge on any atom is 0.225 e. The molecule has 40 heavy (non-hydrogen) atoms. The van der Waals surface area contributed by atoms with Crippen LogP contribution >= 0.6 is 0 Å². The van der Waals surface area contributed by atoms with E-state index in [1.807, 2.05) is 69.4 Å². The number of hydrogen-bond donors (Lipinski definition) is 1. The van der Waals surface area contributed by atoms with Crippen molar-refractivity contribution in [1.29, 1.82) is 0 Å². The predicted molar refractivity (Wildman–Crippen MR) is 161 cm³/mol. The van der Waals surface area contributed by atoms with Gasteiger partial charge in [-0.25, -0.2) is 19.9 Å². The highest BCUT2D eigenvalue weighted by Crippen LogP contribution is 2.30. The second kappa shape index (κ2) is 12.0. The monoisotopic (exact) mass is 541 g/mol. The quantitative estimate of drug-likeness (QED) is 0.272. The van der Waals surface area contributed by atoms with Gasteiger partial charge in [-0.1, -0.05) is 39.0 Å². The number of ether oxygens (including phenoxy) is 1. The number of methoxy groups -OCH3 is 1. The summed E-state index contributed by atoms with van der Waals surface area (Å²) < 4.78 is 5.52. The summed E-state index contributed by atoms with van der Waals surface area (Å²) in [6, 6.07) is 11.8. The van der Waals surface area contributed by atoms with Crippen molar-refractivity contribution in [3.05, 3.63) is 71.2 Å². The number of aryl methyl sites for hydroxylation is 1. The summed E-state index contributed by atoms with van der Waals surface area (Å²) >= 11 is 0. The molecule has 4 aromatic rings. The highest BCUT2D eigenvalue weighted by molar-refractivity contribution is 6.00. The van der Waals surface area contributed by atoms with Gasteiger partial charge < -0.3 is 19.9 Å². The van der Waals surface area contributed by atoms with E-state index in [1.165, 1.54) is 6.33 Å². The molecule has 4 rings (SSSR count). The second-order valence-electron chi connectivity index (χ2n) is 11.4. The van der Waals surface area contributed by atoms with Crippen molar-refractivity contribution >= 4 is 34.3 Å². The van der Waals surface area contributed by atoms with Crippen LogP contribution in [0.15, 0.2) is 48.9 Å². The van der Waals surface area contributed by atoms with Crippen LogP contribution in [-0.2, 0) is 11.8 Å². The van der Waals surface area contributed by atoms with Crippen LogP contribution in [0.1, 0.15) is 47.8 Å². The van der Waals surface area contributed by atoms with Crippen LogP contribution in [0.3, 0.4) is 0 Å². The Hall–Kier alpha value is -4.11. The summed E-state index contributed by atoms with van der Waals surface area (Å²) in [6.07, 6.45) is 3.46. The van der Waals surface area contributed by atoms with Gasteiger partial charge in [0.25, 0.3) is 0 Å². The molecule has 9 nitrogen and oxygen atoms in total. The number of ketones is 1. The number of nitrogens with one attached hydrogen (secondary N) is 1. The maximum absolute atomic E-state index is 13.5. The molecule has 0 radical (unpaired) electrons. The molecule has 2 aromatic carbocycles. The van der Waals surface area contributed by atoms with Gasteiger partial charge >= 0.3 is 0 Å². The molecule has 210 valence electrons. The molecule has 2 heterocycles. The first kappa shape index (κ1) is 28.9. The van der Waals surface area contributed by atoms with Crippen molar-refractivity contribution in [1.82, 2.24) is 24.8 Å². The highest BCUT2D eigenvalue weighted by Gasteiger charge is 2.20. The molecule has 2 aromatic heterocycles. The number of hydrogen-bond acceptors (Lipinski definition) is 9. The molecule has 0 spiro atoms. The Bertz CT molecular complexity index is 1510. The Morgan fingerprint density at radius 1 is 1.00 bits per heavy atom. The lowest BCUT2D eigenvalue weighted by Gasteiger charge is -2.21. The molecule has 0 atom stereocenters. The molecule has 0 unspecified atom stereocenters. The van der Waals surface area contributed by atoms with Crippen LogP contribution in [0.4, 0.5) is 17.5 Å². The predicted octanol–water partition coefficient (Wildman–Crippen LogP) is 5.20. The fraction of sp³-hybridized carbons (Fsp3) is 0.387. The van der Waals surface area contributed by atoms with Crippen LogP contribution < -0.4 is 15.0 Å². The number of carbonyl (C=O) groups is 1. The summed E-state index contributed by atoms with van der Waals surface area (Å²) in [5.74, 6) is 1.78. The number of benzene rings is 2. The minimum absolute atomic E-state index is 0.00313. The van der Waals surface area contributed by atoms with Gasteiger partial charge in [0.05, 0.1) is 18.9 Å². The van der Waals surface area contributed by atoms with E-state index in [9.17, 15) is 4.79 Å². The Morgan fingerprint density at radius 3 is 2.48 bits per heavy atom. The Balaban J connectivity index is 1.61. The molecular formula is C31H39N7O2. The number of aromatic nitrogens is 4. The van der Waals surface area contributed by atoms with E-state index in [0.29, 0.717) is 34.1 Å². The van der Waals surface area contributed by atoms with Gasteiger partial charge in [-0.05, 0) is 61.3 Å². The first-order valence-electron chi connectivity index (χ1n) is 13.4. The minimum atomic E-state index is -0.0762. The van der Waals surface area contributed by atoms with E-state index in [2.05, 4.69) is 45.9 Å². The normalized spacial score (nSPS) is 11.6. The van der Waals surface area contributed by atoms with Crippen molar-refractivity contribution in [2.75, 3.05) is 51.6 Å². The number of nitrogens with zero attached hydrogens (tertiary/aromatic N) is 6. The molecule has 9 heteroatoms. The molecule has 0 fully saturated rings. The molecular weight excluding hydrogens is 502 g/mol. The van der Waals surface area contributed by atoms with E-state index in [0.717, 1.165) is 35.5 Å². The van der Waals surface area contributed by atoms with E-state index in [-0.39, 0.29) is 17.6 Å². The summed E-state index contributed by atoms with van der Waals surface area (Å²) in [7, 11) is 7.64. The number of Topliss-reactive ketones (excluding diaryl/α,β-unsaturated/α-hetero) is 1. The lowest BCUT2D eigenvalue weighted by Crippen LogP contribution is -2.29. The van der Waals surface area contributed by atoms with Crippen LogP contribution in [0, 0.1) is 6.92 Å². The van der Waals surface area contributed by atoms with Gasteiger partial charge in [0.1, 0.15) is 23.1 Å². The summed E-state index contributed by atoms with van der Waals surface area (Å²) in [6.45, 7) is 10.1. The molecule has 1 N–H and O–H groups in total. The first-order valence-corrected chi connectivity index (χ1v) is 13.4. The van der Waals surface area contributed by atoms with Gasteiger partial charge in [0.15, 0.2) is 11.6 Å². The van der Waals surface area contributed by atoms with Gasteiger partial charge in [-0.15, -0.1) is 0 Å². The van der Waals surface area contributed by atoms with Crippen molar-refractivity contribution in [3.63, 3.8) is 0 Å². The standard InChI is InChI=1S/C31H39N7O2/c1-20-9-10-21(16-26(39)23-17-22(31(2,3)4)11-12-27(23)40-8)15-24(20)35-29-28-25(33-19-34-29)18-32-30(36-28)38(7)14-13-37(5)6/h9-12,15,17-19H,13-14,16H2,1-8H3,(H,33,34,35). The zero-order valence-corrected chi connectivity index (χ0v) is 24.7. The smallest absolute Gasteiger partial charge is 0.225 e. The van der Waals surface area contributed by atoms with Gasteiger partial charge in [-0.3, -0.25) is 4.79 Å². The summed E-state index contributed by atoms with van der Waals surface area (Å²) in [4.78, 5) is 35.7. The minimum Gasteiger partial charge on any atom is -0.496 e. The Kier molecular flexibility index (Phi) is 8.64. The Morgan fingerprint density at radius 2 is 1.77 bits per heavy atom. The van der Waals surface area contributed by atoms with Crippen LogP contribution in [0.2, 0.25) is 0 Å². The number of fused-ring (bicyclic) bond motifs is 1. The number of rotatable bonds is 10. The van der Waals surface area contributed by atoms with Gasteiger partial charge in [0.2, 0.25) is 5.95 Å². The van der Waals surface area contributed by atoms with Crippen LogP contribution in [0.5, 0.6) is 5.75 Å². The molecule has 0 aliphatic carbocycles. The fourth-order valence-corrected chi connectivity index (χ4v) is 4.28. The number of carbonyl (C=O) groups excluding carboxylic acids is 1. The zero-order chi connectivity index (χ0) is 29.0. The molecule has 0 aliphatic rings. The van der Waals surface area contributed by atoms with Crippen molar-refractivity contribution in [2.45, 2.75) is 39.5 Å². The second-order valence-corrected chi connectivity index (χ2v) is 11.4. The van der Waals surface area contributed by atoms with E-state index < -0.39 is 0 Å². The van der Waals surface area contributed by atoms with E-state index in [1.54, 1.807) is 13.3 Å². The van der Waals surface area contributed by atoms with Crippen molar-refractivity contribution in [3.8, 4) is 5.75 Å². The third-order valence-corrected chi connectivity index (χ3v) is 6.87. The summed E-state index contributed by atoms with van der Waals surface area (Å²) in [5.41, 5.74) is 5.65. The topological polar surface area (TPSA) is 96.4 Å². The maximum atomic E-state index is 13.5. The van der Waals surface area contributed by atoms with Crippen LogP contribution in [0.25, 0.3) is 11.0 Å². The third-order valence-electron chi connectivity index (χ3n) is 6.87. The lowest BCUT2D eigenvalue weighted by atomic mass is 9.85. The zero-order valence-electron chi connectivity index (χ0n) is 24.7. The first-order chi connectivity index (χ1) is 19.0. The molecule has 0 saturated heterocycles. The highest BCUT2D eigenvalue weighted by atomic mass is 16.5. The van der Waals surface area contributed by atoms with Crippen molar-refractivity contribution in [2.24, 2.45) is 0 Å². The summed E-state index contributed by atoms with van der Waals surface area (Å²) in [5, 5.41) is 3.43. The average molecular weight is 542 g/mol. The number of likely N-dealkylation sites (N-methyl/N-ethyl adjacent to an activating group) is 2. The molecule has 0 saturated carbocycles. The van der Waals surface area contributed by atoms with Crippen LogP contribution in [-0.4, -0.2) is 72.0 Å². The third kappa shape index (κ3) is 6.71. The average Bonchev–Trinajstić information content (AvgIpc) is 2.92. The van der Waals surface area contributed by atoms with Gasteiger partial charge in [-0.2, -0.15) is 0 Å². The van der Waals surface area contributed by atoms with Crippen molar-refractivity contribution < 1.29 is 9.53 Å². The van der Waals surface area contributed by atoms with Gasteiger partial charge in [0, 0.05) is 32.2 Å². The van der Waals surface area contributed by atoms with E-state index in [4.69, 9.17) is 9.72 Å². The molecule has 0 amide bonds. The Labute approximate surface area is 236 Å². The molecule has 0 aliphatic heterocycles. The lowest BCUT2D eigenvalue weighted by molar-refractivity contribution is 0.0990. The van der Waals surface area contributed by atoms with E-state index >= 15 is 0 Å². The fourth-order valence-electron chi connectivity index (χ4n) is 4.28. The molecule has 0 bridgehead atoms. The number of anilines is 3.